The number of ether oxygens (including phenoxy) is 2. The fraction of sp³-hybridized carbons (Fsp3) is 0.385. The summed E-state index contributed by atoms with van der Waals surface area (Å²) in [5.74, 6) is -4.10. The van der Waals surface area contributed by atoms with Crippen molar-refractivity contribution in [1.82, 2.24) is 0 Å². The highest BCUT2D eigenvalue weighted by molar-refractivity contribution is 7.80. The lowest BCUT2D eigenvalue weighted by molar-refractivity contribution is -0.156. The van der Waals surface area contributed by atoms with Crippen LogP contribution in [0.2, 0.25) is 0 Å². The smallest absolute Gasteiger partial charge is 0.400 e. The Balaban J connectivity index is 3.02. The van der Waals surface area contributed by atoms with Gasteiger partial charge < -0.3 is 14.6 Å². The first kappa shape index (κ1) is 19.1. The van der Waals surface area contributed by atoms with E-state index >= 15 is 0 Å². The number of methoxy groups -OCH3 is 1. The first-order valence-corrected chi connectivity index (χ1v) is 6.42. The van der Waals surface area contributed by atoms with Crippen LogP contribution in [0, 0.1) is 5.92 Å². The molecule has 1 N–H and O–H groups in total. The maximum Gasteiger partial charge on any atom is 0.400 e. The molecule has 1 aromatic carbocycles. The monoisotopic (exact) mass is 358 g/mol. The Morgan fingerprint density at radius 1 is 1.30 bits per heavy atom. The number of carbonyl (C=O) groups is 1. The molecular formula is C13H11F5O4S. The van der Waals surface area contributed by atoms with Gasteiger partial charge in [0.2, 0.25) is 0 Å². The van der Waals surface area contributed by atoms with Crippen molar-refractivity contribution in [2.45, 2.75) is 19.2 Å². The molecule has 0 spiro atoms. The predicted octanol–water partition coefficient (Wildman–Crippen LogP) is 3.93. The number of halogens is 5. The van der Waals surface area contributed by atoms with Crippen LogP contribution in [0.25, 0.3) is 0 Å². The van der Waals surface area contributed by atoms with Crippen molar-refractivity contribution in [1.29, 1.82) is 0 Å². The van der Waals surface area contributed by atoms with Gasteiger partial charge in [-0.2, -0.15) is 22.0 Å². The molecule has 0 aliphatic carbocycles. The highest BCUT2D eigenvalue weighted by Crippen LogP contribution is 2.33. The molecule has 0 saturated carbocycles. The van der Waals surface area contributed by atoms with E-state index in [-0.39, 0.29) is 17.1 Å². The Kier molecular flexibility index (Phi) is 6.25. The molecule has 4 nitrogen and oxygen atoms in total. The van der Waals surface area contributed by atoms with Gasteiger partial charge in [0.05, 0.1) is 7.11 Å². The standard InChI is InChI=1S/C13H11F5O4S/c1-21-10-4-6(2-3-9(10)22-12(14)15)8(19)5-7(11(20)23)13(16,17)18/h2-4,7,12H,5H2,1H3,(H,20,23). The lowest BCUT2D eigenvalue weighted by Gasteiger charge is -2.17. The van der Waals surface area contributed by atoms with Gasteiger partial charge in [-0.1, -0.05) is 0 Å². The van der Waals surface area contributed by atoms with E-state index in [0.29, 0.717) is 0 Å². The molecule has 0 aromatic heterocycles. The van der Waals surface area contributed by atoms with Gasteiger partial charge in [-0.3, -0.25) is 4.79 Å². The number of aliphatic hydroxyl groups excluding tert-OH is 1. The number of benzene rings is 1. The van der Waals surface area contributed by atoms with E-state index in [2.05, 4.69) is 17.0 Å². The van der Waals surface area contributed by atoms with E-state index in [0.717, 1.165) is 25.3 Å². The van der Waals surface area contributed by atoms with Crippen LogP contribution in [0.3, 0.4) is 0 Å². The van der Waals surface area contributed by atoms with E-state index in [9.17, 15) is 26.7 Å². The van der Waals surface area contributed by atoms with Crippen LogP contribution in [0.4, 0.5) is 22.0 Å². The van der Waals surface area contributed by atoms with Gasteiger partial charge in [0.15, 0.2) is 22.3 Å². The van der Waals surface area contributed by atoms with Crippen molar-refractivity contribution in [3.63, 3.8) is 0 Å². The number of alkyl halides is 5. The largest absolute Gasteiger partial charge is 0.502 e. The van der Waals surface area contributed by atoms with Crippen LogP contribution < -0.4 is 9.47 Å². The minimum atomic E-state index is -4.88. The van der Waals surface area contributed by atoms with Crippen LogP contribution in [-0.2, 0) is 0 Å². The number of carbonyl (C=O) groups excluding carboxylic acids is 1. The molecule has 1 unspecified atom stereocenters. The summed E-state index contributed by atoms with van der Waals surface area (Å²) in [7, 11) is 1.11. The third kappa shape index (κ3) is 5.31. The van der Waals surface area contributed by atoms with Crippen LogP contribution >= 0.6 is 12.2 Å². The third-order valence-electron chi connectivity index (χ3n) is 2.78. The molecule has 1 rings (SSSR count). The van der Waals surface area contributed by atoms with Crippen molar-refractivity contribution in [2.24, 2.45) is 5.92 Å². The zero-order valence-corrected chi connectivity index (χ0v) is 12.4. The second-order valence-corrected chi connectivity index (χ2v) is 4.72. The van der Waals surface area contributed by atoms with Gasteiger partial charge in [0.1, 0.15) is 5.92 Å². The van der Waals surface area contributed by atoms with Crippen molar-refractivity contribution in [3.05, 3.63) is 23.8 Å². The van der Waals surface area contributed by atoms with E-state index in [1.54, 1.807) is 0 Å². The molecule has 0 radical (unpaired) electrons. The lowest BCUT2D eigenvalue weighted by atomic mass is 9.98. The normalized spacial score (nSPS) is 12.8. The number of rotatable bonds is 7. The summed E-state index contributed by atoms with van der Waals surface area (Å²) in [5.41, 5.74) is -0.228. The van der Waals surface area contributed by atoms with E-state index in [1.165, 1.54) is 0 Å². The Labute approximate surface area is 132 Å². The fourth-order valence-corrected chi connectivity index (χ4v) is 1.90. The first-order valence-electron chi connectivity index (χ1n) is 6.01. The first-order chi connectivity index (χ1) is 10.6. The summed E-state index contributed by atoms with van der Waals surface area (Å²) < 4.78 is 71.3. The fourth-order valence-electron chi connectivity index (χ4n) is 1.68. The molecule has 0 aliphatic rings. The predicted molar refractivity (Wildman–Crippen MR) is 73.3 cm³/mol. The maximum atomic E-state index is 12.7. The average molecular weight is 358 g/mol. The second-order valence-electron chi connectivity index (χ2n) is 4.30. The minimum Gasteiger partial charge on any atom is -0.502 e. The van der Waals surface area contributed by atoms with Crippen molar-refractivity contribution in [2.75, 3.05) is 7.11 Å². The summed E-state index contributed by atoms with van der Waals surface area (Å²) in [4.78, 5) is 11.9. The van der Waals surface area contributed by atoms with Crippen LogP contribution in [0.1, 0.15) is 16.8 Å². The molecule has 0 bridgehead atoms. The van der Waals surface area contributed by atoms with Gasteiger partial charge in [-0.15, -0.1) is 0 Å². The molecule has 23 heavy (non-hydrogen) atoms. The van der Waals surface area contributed by atoms with Gasteiger partial charge in [-0.25, -0.2) is 0 Å². The van der Waals surface area contributed by atoms with Crippen molar-refractivity contribution in [3.8, 4) is 11.5 Å². The minimum absolute atomic E-state index is 0.228. The number of hydrogen-bond donors (Lipinski definition) is 1. The number of ketones is 1. The summed E-state index contributed by atoms with van der Waals surface area (Å²) in [6.07, 6.45) is -6.00. The summed E-state index contributed by atoms with van der Waals surface area (Å²) in [6, 6.07) is 2.95. The molecule has 0 aliphatic heterocycles. The Morgan fingerprint density at radius 2 is 1.91 bits per heavy atom. The molecule has 0 saturated heterocycles. The highest BCUT2D eigenvalue weighted by Gasteiger charge is 2.44. The van der Waals surface area contributed by atoms with Crippen molar-refractivity contribution < 1.29 is 41.3 Å². The number of Topliss-reactive ketones (excluding diaryl/α,β-unsaturated/α-hetero) is 1. The topological polar surface area (TPSA) is 55.8 Å². The number of aliphatic hydroxyl groups is 1. The quantitative estimate of drug-likeness (QED) is 0.455. The summed E-state index contributed by atoms with van der Waals surface area (Å²) in [5, 5.41) is 7.57. The number of hydrogen-bond acceptors (Lipinski definition) is 4. The molecule has 0 fully saturated rings. The Hall–Kier alpha value is -1.97. The lowest BCUT2D eigenvalue weighted by Crippen LogP contribution is -2.31. The van der Waals surface area contributed by atoms with E-state index in [4.69, 9.17) is 9.84 Å². The molecule has 10 heteroatoms. The second kappa shape index (κ2) is 7.53. The highest BCUT2D eigenvalue weighted by atomic mass is 32.1. The van der Waals surface area contributed by atoms with Crippen molar-refractivity contribution >= 4 is 23.1 Å². The average Bonchev–Trinajstić information content (AvgIpc) is 2.42. The summed E-state index contributed by atoms with van der Waals surface area (Å²) >= 11 is 4.11. The summed E-state index contributed by atoms with van der Waals surface area (Å²) in [6.45, 7) is -3.13. The third-order valence-corrected chi connectivity index (χ3v) is 3.07. The van der Waals surface area contributed by atoms with E-state index in [1.807, 2.05) is 0 Å². The molecule has 1 aromatic rings. The SMILES string of the molecule is COc1cc(C(=O)CC(C(O)=S)C(F)(F)F)ccc1OC(F)F. The van der Waals surface area contributed by atoms with Crippen LogP contribution in [0.15, 0.2) is 18.2 Å². The molecule has 0 heterocycles. The zero-order valence-electron chi connectivity index (χ0n) is 11.6. The molecule has 1 atom stereocenters. The molecule has 128 valence electrons. The van der Waals surface area contributed by atoms with Crippen LogP contribution in [-0.4, -0.2) is 35.8 Å². The Bertz CT molecular complexity index is 588. The van der Waals surface area contributed by atoms with Gasteiger partial charge in [0.25, 0.3) is 0 Å². The Morgan fingerprint density at radius 3 is 2.35 bits per heavy atom. The van der Waals surface area contributed by atoms with Gasteiger partial charge >= 0.3 is 12.8 Å². The molecule has 0 amide bonds. The maximum absolute atomic E-state index is 12.7. The zero-order chi connectivity index (χ0) is 17.8. The van der Waals surface area contributed by atoms with E-state index < -0.39 is 36.0 Å². The molecular weight excluding hydrogens is 347 g/mol. The van der Waals surface area contributed by atoms with Crippen LogP contribution in [0.5, 0.6) is 11.5 Å². The number of thiocarbonyl (C=S) groups is 1. The van der Waals surface area contributed by atoms with Gasteiger partial charge in [0, 0.05) is 12.0 Å². The van der Waals surface area contributed by atoms with Gasteiger partial charge in [-0.05, 0) is 30.4 Å².